The number of hydrogen-bond acceptors (Lipinski definition) is 2. The predicted molar refractivity (Wildman–Crippen MR) is 112 cm³/mol. The Morgan fingerprint density at radius 3 is 0.781 bits per heavy atom. The Kier molecular flexibility index (Phi) is 17.2. The number of nitrogens with one attached hydrogen (secondary N) is 2. The van der Waals surface area contributed by atoms with Crippen molar-refractivity contribution in [1.82, 2.24) is 10.6 Å². The Labute approximate surface area is 187 Å². The first-order valence-corrected chi connectivity index (χ1v) is 11.7. The second kappa shape index (κ2) is 18.0. The molecule has 0 aliphatic rings. The van der Waals surface area contributed by atoms with Crippen LogP contribution in [0.4, 0.5) is 26.3 Å². The number of carbonyl (C=O) groups is 2. The van der Waals surface area contributed by atoms with E-state index in [2.05, 4.69) is 0 Å². The SMILES string of the molecule is O=C(NCCCCCCCCCCCCCCCCCCNC(=O)C(F)(F)F)C(F)(F)F. The molecule has 2 amide bonds. The summed E-state index contributed by atoms with van der Waals surface area (Å²) in [5.41, 5.74) is 0. The third kappa shape index (κ3) is 19.2. The van der Waals surface area contributed by atoms with Gasteiger partial charge in [-0.2, -0.15) is 26.3 Å². The lowest BCUT2D eigenvalue weighted by molar-refractivity contribution is -0.173. The van der Waals surface area contributed by atoms with Crippen molar-refractivity contribution in [2.24, 2.45) is 0 Å². The lowest BCUT2D eigenvalue weighted by Gasteiger charge is -2.07. The van der Waals surface area contributed by atoms with Gasteiger partial charge in [-0.1, -0.05) is 89.9 Å². The maximum atomic E-state index is 12.0. The topological polar surface area (TPSA) is 58.2 Å². The molecule has 4 nitrogen and oxygen atoms in total. The van der Waals surface area contributed by atoms with Gasteiger partial charge in [-0.3, -0.25) is 9.59 Å². The normalized spacial score (nSPS) is 12.1. The van der Waals surface area contributed by atoms with E-state index >= 15 is 0 Å². The second-order valence-corrected chi connectivity index (χ2v) is 8.16. The Morgan fingerprint density at radius 1 is 0.406 bits per heavy atom. The van der Waals surface area contributed by atoms with Crippen molar-refractivity contribution in [3.8, 4) is 0 Å². The lowest BCUT2D eigenvalue weighted by Crippen LogP contribution is -2.37. The summed E-state index contributed by atoms with van der Waals surface area (Å²) < 4.78 is 71.9. The number of hydrogen-bond donors (Lipinski definition) is 2. The standard InChI is InChI=1S/C22H38F6N2O2/c23-21(24,25)19(31)29-17-15-13-11-9-7-5-3-1-2-4-6-8-10-12-14-16-18-30-20(32)22(26,27)28/h1-18H2,(H,29,31)(H,30,32). The predicted octanol–water partition coefficient (Wildman–Crippen LogP) is 6.59. The molecular weight excluding hydrogens is 438 g/mol. The van der Waals surface area contributed by atoms with Crippen molar-refractivity contribution in [2.75, 3.05) is 13.1 Å². The molecule has 2 N–H and O–H groups in total. The van der Waals surface area contributed by atoms with Crippen molar-refractivity contribution in [3.63, 3.8) is 0 Å². The molecule has 0 radical (unpaired) electrons. The summed E-state index contributed by atoms with van der Waals surface area (Å²) in [7, 11) is 0. The molecule has 0 fully saturated rings. The first kappa shape index (κ1) is 30.5. The van der Waals surface area contributed by atoms with E-state index in [0.717, 1.165) is 64.2 Å². The molecule has 0 atom stereocenters. The molecule has 0 unspecified atom stereocenters. The highest BCUT2D eigenvalue weighted by atomic mass is 19.4. The van der Waals surface area contributed by atoms with E-state index in [0.29, 0.717) is 12.8 Å². The first-order valence-electron chi connectivity index (χ1n) is 11.7. The van der Waals surface area contributed by atoms with Gasteiger partial charge in [0, 0.05) is 13.1 Å². The van der Waals surface area contributed by atoms with E-state index in [1.54, 1.807) is 0 Å². The summed E-state index contributed by atoms with van der Waals surface area (Å²) in [6.07, 6.45) is 6.57. The third-order valence-electron chi connectivity index (χ3n) is 5.19. The molecule has 0 aromatic carbocycles. The Bertz CT molecular complexity index is 452. The van der Waals surface area contributed by atoms with Gasteiger partial charge in [-0.05, 0) is 12.8 Å². The molecule has 0 aliphatic carbocycles. The highest BCUT2D eigenvalue weighted by Crippen LogP contribution is 2.16. The van der Waals surface area contributed by atoms with Crippen molar-refractivity contribution >= 4 is 11.8 Å². The van der Waals surface area contributed by atoms with Gasteiger partial charge < -0.3 is 10.6 Å². The molecule has 0 saturated carbocycles. The first-order chi connectivity index (χ1) is 15.0. The van der Waals surface area contributed by atoms with Gasteiger partial charge in [-0.25, -0.2) is 0 Å². The van der Waals surface area contributed by atoms with Gasteiger partial charge in [0.1, 0.15) is 0 Å². The van der Waals surface area contributed by atoms with Gasteiger partial charge in [0.2, 0.25) is 0 Å². The molecule has 0 aliphatic heterocycles. The largest absolute Gasteiger partial charge is 0.471 e. The van der Waals surface area contributed by atoms with Crippen LogP contribution in [-0.2, 0) is 9.59 Å². The van der Waals surface area contributed by atoms with Crippen LogP contribution in [0.3, 0.4) is 0 Å². The highest BCUT2D eigenvalue weighted by molar-refractivity contribution is 5.81. The molecule has 0 bridgehead atoms. The minimum absolute atomic E-state index is 0.0680. The summed E-state index contributed by atoms with van der Waals surface area (Å²) in [5.74, 6) is -3.74. The fourth-order valence-corrected chi connectivity index (χ4v) is 3.33. The van der Waals surface area contributed by atoms with Crippen LogP contribution < -0.4 is 10.6 Å². The molecule has 0 spiro atoms. The summed E-state index contributed by atoms with van der Waals surface area (Å²) in [4.78, 5) is 21.2. The van der Waals surface area contributed by atoms with E-state index in [4.69, 9.17) is 0 Å². The lowest BCUT2D eigenvalue weighted by atomic mass is 10.0. The van der Waals surface area contributed by atoms with Gasteiger partial charge >= 0.3 is 24.2 Å². The van der Waals surface area contributed by atoms with Gasteiger partial charge in [0.25, 0.3) is 0 Å². The van der Waals surface area contributed by atoms with Crippen molar-refractivity contribution in [2.45, 2.75) is 115 Å². The second-order valence-electron chi connectivity index (χ2n) is 8.16. The van der Waals surface area contributed by atoms with Gasteiger partial charge in [0.05, 0.1) is 0 Å². The summed E-state index contributed by atoms with van der Waals surface area (Å²) in [6.45, 7) is 0.136. The van der Waals surface area contributed by atoms with Crippen LogP contribution in [-0.4, -0.2) is 37.3 Å². The Morgan fingerprint density at radius 2 is 0.594 bits per heavy atom. The van der Waals surface area contributed by atoms with E-state index in [-0.39, 0.29) is 13.1 Å². The highest BCUT2D eigenvalue weighted by Gasteiger charge is 2.38. The van der Waals surface area contributed by atoms with Gasteiger partial charge in [-0.15, -0.1) is 0 Å². The van der Waals surface area contributed by atoms with Crippen LogP contribution in [0.2, 0.25) is 0 Å². The molecule has 0 heterocycles. The Balaban J connectivity index is 3.20. The van der Waals surface area contributed by atoms with Crippen LogP contribution in [0.15, 0.2) is 0 Å². The van der Waals surface area contributed by atoms with E-state index in [1.807, 2.05) is 10.6 Å². The van der Waals surface area contributed by atoms with Crippen LogP contribution in [0.5, 0.6) is 0 Å². The van der Waals surface area contributed by atoms with Crippen molar-refractivity contribution in [3.05, 3.63) is 0 Å². The number of alkyl halides is 6. The van der Waals surface area contributed by atoms with Crippen LogP contribution >= 0.6 is 0 Å². The molecule has 190 valence electrons. The zero-order valence-electron chi connectivity index (χ0n) is 18.8. The Hall–Kier alpha value is -1.48. The fraction of sp³-hybridized carbons (Fsp3) is 0.909. The van der Waals surface area contributed by atoms with Crippen molar-refractivity contribution in [1.29, 1.82) is 0 Å². The molecule has 10 heteroatoms. The number of halogens is 6. The molecule has 0 aromatic rings. The third-order valence-corrected chi connectivity index (χ3v) is 5.19. The number of amides is 2. The maximum Gasteiger partial charge on any atom is 0.471 e. The molecular formula is C22H38F6N2O2. The minimum atomic E-state index is -4.80. The van der Waals surface area contributed by atoms with Crippen molar-refractivity contribution < 1.29 is 35.9 Å². The summed E-state index contributed by atoms with van der Waals surface area (Å²) in [6, 6.07) is 0. The van der Waals surface area contributed by atoms with Crippen LogP contribution in [0.25, 0.3) is 0 Å². The smallest absolute Gasteiger partial charge is 0.348 e. The van der Waals surface area contributed by atoms with E-state index in [9.17, 15) is 35.9 Å². The summed E-state index contributed by atoms with van der Waals surface area (Å²) >= 11 is 0. The summed E-state index contributed by atoms with van der Waals surface area (Å²) in [5, 5.41) is 3.75. The molecule has 0 rings (SSSR count). The molecule has 0 saturated heterocycles. The molecule has 32 heavy (non-hydrogen) atoms. The van der Waals surface area contributed by atoms with E-state index in [1.165, 1.54) is 25.7 Å². The fourth-order valence-electron chi connectivity index (χ4n) is 3.33. The quantitative estimate of drug-likeness (QED) is 0.163. The van der Waals surface area contributed by atoms with Crippen LogP contribution in [0.1, 0.15) is 103 Å². The average molecular weight is 477 g/mol. The average Bonchev–Trinajstić information content (AvgIpc) is 2.70. The number of rotatable bonds is 19. The minimum Gasteiger partial charge on any atom is -0.348 e. The van der Waals surface area contributed by atoms with E-state index < -0.39 is 24.2 Å². The number of carbonyl (C=O) groups excluding carboxylic acids is 2. The van der Waals surface area contributed by atoms with Gasteiger partial charge in [0.15, 0.2) is 0 Å². The molecule has 0 aromatic heterocycles. The maximum absolute atomic E-state index is 12.0. The van der Waals surface area contributed by atoms with Crippen LogP contribution in [0, 0.1) is 0 Å². The monoisotopic (exact) mass is 476 g/mol. The number of unbranched alkanes of at least 4 members (excludes halogenated alkanes) is 15. The zero-order chi connectivity index (χ0) is 24.3. The zero-order valence-corrected chi connectivity index (χ0v) is 18.8.